The van der Waals surface area contributed by atoms with Crippen LogP contribution in [0.25, 0.3) is 10.9 Å². The lowest BCUT2D eigenvalue weighted by atomic mass is 9.89. The normalized spacial score (nSPS) is 19.2. The molecule has 1 aliphatic carbocycles. The van der Waals surface area contributed by atoms with Crippen molar-refractivity contribution in [2.24, 2.45) is 0 Å². The highest BCUT2D eigenvalue weighted by atomic mass is 14.9. The summed E-state index contributed by atoms with van der Waals surface area (Å²) < 4.78 is 0. The van der Waals surface area contributed by atoms with E-state index in [0.717, 1.165) is 6.54 Å². The molecule has 0 amide bonds. The average Bonchev–Trinajstić information content (AvgIpc) is 2.68. The molecule has 96 valence electrons. The summed E-state index contributed by atoms with van der Waals surface area (Å²) in [4.78, 5) is 3.65. The van der Waals surface area contributed by atoms with E-state index in [1.165, 1.54) is 52.5 Å². The predicted molar refractivity (Wildman–Crippen MR) is 77.1 cm³/mol. The SMILES string of the molecule is CCNC1CCCc2[nH]c3cc(C)cc(C)c3c21. The number of nitrogens with one attached hydrogen (secondary N) is 2. The molecule has 0 bridgehead atoms. The lowest BCUT2D eigenvalue weighted by Crippen LogP contribution is -2.24. The van der Waals surface area contributed by atoms with E-state index in [0.29, 0.717) is 6.04 Å². The first kappa shape index (κ1) is 11.8. The Labute approximate surface area is 109 Å². The van der Waals surface area contributed by atoms with Crippen molar-refractivity contribution >= 4 is 10.9 Å². The summed E-state index contributed by atoms with van der Waals surface area (Å²) in [5.74, 6) is 0. The van der Waals surface area contributed by atoms with Gasteiger partial charge in [0.05, 0.1) is 0 Å². The minimum Gasteiger partial charge on any atom is -0.358 e. The molecule has 18 heavy (non-hydrogen) atoms. The summed E-state index contributed by atoms with van der Waals surface area (Å²) >= 11 is 0. The second-order valence-electron chi connectivity index (χ2n) is 5.52. The molecule has 0 aliphatic heterocycles. The Kier molecular flexibility index (Phi) is 2.90. The molecule has 0 fully saturated rings. The van der Waals surface area contributed by atoms with Crippen LogP contribution in [0.3, 0.4) is 0 Å². The molecule has 0 radical (unpaired) electrons. The summed E-state index contributed by atoms with van der Waals surface area (Å²) in [6.45, 7) is 7.65. The van der Waals surface area contributed by atoms with Crippen molar-refractivity contribution in [3.05, 3.63) is 34.5 Å². The van der Waals surface area contributed by atoms with Crippen LogP contribution in [0.2, 0.25) is 0 Å². The monoisotopic (exact) mass is 242 g/mol. The molecule has 1 heterocycles. The minimum atomic E-state index is 0.536. The van der Waals surface area contributed by atoms with Gasteiger partial charge in [-0.25, -0.2) is 0 Å². The topological polar surface area (TPSA) is 27.8 Å². The Morgan fingerprint density at radius 1 is 1.33 bits per heavy atom. The van der Waals surface area contributed by atoms with E-state index in [9.17, 15) is 0 Å². The van der Waals surface area contributed by atoms with Crippen LogP contribution in [0.4, 0.5) is 0 Å². The van der Waals surface area contributed by atoms with Crippen LogP contribution in [0.15, 0.2) is 12.1 Å². The molecular weight excluding hydrogens is 220 g/mol. The Morgan fingerprint density at radius 3 is 2.94 bits per heavy atom. The van der Waals surface area contributed by atoms with Crippen molar-refractivity contribution in [3.63, 3.8) is 0 Å². The molecule has 2 aromatic rings. The second-order valence-corrected chi connectivity index (χ2v) is 5.52. The summed E-state index contributed by atoms with van der Waals surface area (Å²) in [6.07, 6.45) is 3.75. The van der Waals surface area contributed by atoms with Gasteiger partial charge in [-0.3, -0.25) is 0 Å². The minimum absolute atomic E-state index is 0.536. The molecule has 0 saturated carbocycles. The third kappa shape index (κ3) is 1.76. The molecule has 0 spiro atoms. The number of hydrogen-bond donors (Lipinski definition) is 2. The Hall–Kier alpha value is -1.28. The van der Waals surface area contributed by atoms with Crippen LogP contribution in [-0.2, 0) is 6.42 Å². The van der Waals surface area contributed by atoms with Crippen LogP contribution < -0.4 is 5.32 Å². The molecule has 1 unspecified atom stereocenters. The van der Waals surface area contributed by atoms with Gasteiger partial charge in [-0.2, -0.15) is 0 Å². The van der Waals surface area contributed by atoms with Crippen LogP contribution in [0.1, 0.15) is 48.2 Å². The molecule has 2 nitrogen and oxygen atoms in total. The number of aromatic amines is 1. The molecule has 2 N–H and O–H groups in total. The van der Waals surface area contributed by atoms with E-state index in [1.54, 1.807) is 0 Å². The highest BCUT2D eigenvalue weighted by molar-refractivity contribution is 5.89. The number of aromatic nitrogens is 1. The zero-order valence-electron chi connectivity index (χ0n) is 11.6. The van der Waals surface area contributed by atoms with Gasteiger partial charge in [-0.15, -0.1) is 0 Å². The Bertz CT molecular complexity index is 580. The first-order valence-electron chi connectivity index (χ1n) is 7.05. The van der Waals surface area contributed by atoms with Gasteiger partial charge < -0.3 is 10.3 Å². The van der Waals surface area contributed by atoms with Crippen molar-refractivity contribution in [2.45, 2.75) is 46.1 Å². The van der Waals surface area contributed by atoms with Crippen LogP contribution in [0, 0.1) is 13.8 Å². The van der Waals surface area contributed by atoms with E-state index in [1.807, 2.05) is 0 Å². The fourth-order valence-corrected chi connectivity index (χ4v) is 3.46. The Morgan fingerprint density at radius 2 is 2.17 bits per heavy atom. The zero-order chi connectivity index (χ0) is 12.7. The van der Waals surface area contributed by atoms with Crippen molar-refractivity contribution in [1.82, 2.24) is 10.3 Å². The highest BCUT2D eigenvalue weighted by Gasteiger charge is 2.24. The molecule has 1 aromatic heterocycles. The molecule has 3 rings (SSSR count). The van der Waals surface area contributed by atoms with E-state index in [4.69, 9.17) is 0 Å². The summed E-state index contributed by atoms with van der Waals surface area (Å²) in [7, 11) is 0. The summed E-state index contributed by atoms with van der Waals surface area (Å²) in [5.41, 5.74) is 7.07. The quantitative estimate of drug-likeness (QED) is 0.824. The molecule has 1 aliphatic rings. The van der Waals surface area contributed by atoms with E-state index in [-0.39, 0.29) is 0 Å². The fourth-order valence-electron chi connectivity index (χ4n) is 3.46. The number of aryl methyl sites for hydroxylation is 3. The van der Waals surface area contributed by atoms with Gasteiger partial charge in [0, 0.05) is 22.6 Å². The largest absolute Gasteiger partial charge is 0.358 e. The summed E-state index contributed by atoms with van der Waals surface area (Å²) in [5, 5.41) is 5.10. The van der Waals surface area contributed by atoms with Gasteiger partial charge in [0.1, 0.15) is 0 Å². The second kappa shape index (κ2) is 4.43. The van der Waals surface area contributed by atoms with Crippen molar-refractivity contribution < 1.29 is 0 Å². The van der Waals surface area contributed by atoms with Gasteiger partial charge in [-0.1, -0.05) is 13.0 Å². The Balaban J connectivity index is 2.24. The lowest BCUT2D eigenvalue weighted by molar-refractivity contribution is 0.472. The predicted octanol–water partition coefficient (Wildman–Crippen LogP) is 3.77. The molecule has 1 atom stereocenters. The average molecular weight is 242 g/mol. The van der Waals surface area contributed by atoms with Crippen molar-refractivity contribution in [3.8, 4) is 0 Å². The zero-order valence-corrected chi connectivity index (χ0v) is 11.6. The number of hydrogen-bond acceptors (Lipinski definition) is 1. The molecular formula is C16H22N2. The number of benzene rings is 1. The van der Waals surface area contributed by atoms with Gasteiger partial charge >= 0.3 is 0 Å². The lowest BCUT2D eigenvalue weighted by Gasteiger charge is -2.24. The smallest absolute Gasteiger partial charge is 0.0464 e. The van der Waals surface area contributed by atoms with Crippen LogP contribution in [0.5, 0.6) is 0 Å². The number of rotatable bonds is 2. The summed E-state index contributed by atoms with van der Waals surface area (Å²) in [6, 6.07) is 5.12. The first-order valence-corrected chi connectivity index (χ1v) is 7.05. The van der Waals surface area contributed by atoms with E-state index in [2.05, 4.69) is 43.2 Å². The maximum atomic E-state index is 3.65. The third-order valence-corrected chi connectivity index (χ3v) is 4.08. The van der Waals surface area contributed by atoms with E-state index >= 15 is 0 Å². The van der Waals surface area contributed by atoms with Crippen molar-refractivity contribution in [1.29, 1.82) is 0 Å². The number of fused-ring (bicyclic) bond motifs is 3. The highest BCUT2D eigenvalue weighted by Crippen LogP contribution is 2.37. The van der Waals surface area contributed by atoms with Gasteiger partial charge in [0.25, 0.3) is 0 Å². The standard InChI is InChI=1S/C16H22N2/c1-4-17-12-6-5-7-13-16(12)15-11(3)8-10(2)9-14(15)18-13/h8-9,12,17-18H,4-7H2,1-3H3. The molecule has 1 aromatic carbocycles. The van der Waals surface area contributed by atoms with Crippen LogP contribution in [-0.4, -0.2) is 11.5 Å². The van der Waals surface area contributed by atoms with Gasteiger partial charge in [-0.05, 0) is 62.4 Å². The van der Waals surface area contributed by atoms with E-state index < -0.39 is 0 Å². The maximum Gasteiger partial charge on any atom is 0.0464 e. The third-order valence-electron chi connectivity index (χ3n) is 4.08. The fraction of sp³-hybridized carbons (Fsp3) is 0.500. The van der Waals surface area contributed by atoms with Gasteiger partial charge in [0.15, 0.2) is 0 Å². The molecule has 2 heteroatoms. The molecule has 0 saturated heterocycles. The number of H-pyrrole nitrogens is 1. The first-order chi connectivity index (χ1) is 8.70. The van der Waals surface area contributed by atoms with Crippen LogP contribution >= 0.6 is 0 Å². The van der Waals surface area contributed by atoms with Crippen molar-refractivity contribution in [2.75, 3.05) is 6.54 Å². The maximum absolute atomic E-state index is 3.65. The van der Waals surface area contributed by atoms with Gasteiger partial charge in [0.2, 0.25) is 0 Å².